The Morgan fingerprint density at radius 1 is 1.22 bits per heavy atom. The molecule has 0 bridgehead atoms. The van der Waals surface area contributed by atoms with Crippen molar-refractivity contribution in [1.29, 1.82) is 0 Å². The SMILES string of the molecule is Cc1ccc(CN2C=CN3NC(c4cccs4)CC3C2=O)cc1. The van der Waals surface area contributed by atoms with Crippen molar-refractivity contribution in [2.24, 2.45) is 0 Å². The zero-order chi connectivity index (χ0) is 15.8. The molecule has 2 aliphatic rings. The molecule has 1 aromatic heterocycles. The van der Waals surface area contributed by atoms with E-state index in [1.54, 1.807) is 11.3 Å². The van der Waals surface area contributed by atoms with Crippen molar-refractivity contribution in [3.8, 4) is 0 Å². The van der Waals surface area contributed by atoms with Gasteiger partial charge >= 0.3 is 0 Å². The predicted octanol–water partition coefficient (Wildman–Crippen LogP) is 3.19. The number of carbonyl (C=O) groups is 1. The highest BCUT2D eigenvalue weighted by atomic mass is 32.1. The van der Waals surface area contributed by atoms with Gasteiger partial charge in [-0.25, -0.2) is 5.43 Å². The average Bonchev–Trinajstić information content (AvgIpc) is 3.21. The number of rotatable bonds is 3. The van der Waals surface area contributed by atoms with Crippen LogP contribution in [0.2, 0.25) is 0 Å². The third kappa shape index (κ3) is 2.78. The standard InChI is InChI=1S/C18H19N3OS/c1-13-4-6-14(7-5-13)12-20-8-9-21-16(18(20)22)11-15(19-21)17-3-2-10-23-17/h2-10,15-16,19H,11-12H2,1H3. The molecule has 4 nitrogen and oxygen atoms in total. The molecule has 1 N–H and O–H groups in total. The van der Waals surface area contributed by atoms with Gasteiger partial charge in [-0.05, 0) is 23.9 Å². The van der Waals surface area contributed by atoms with E-state index >= 15 is 0 Å². The lowest BCUT2D eigenvalue weighted by atomic mass is 10.1. The molecule has 2 aromatic rings. The summed E-state index contributed by atoms with van der Waals surface area (Å²) in [5, 5.41) is 4.04. The minimum absolute atomic E-state index is 0.113. The number of hydrogen-bond donors (Lipinski definition) is 1. The highest BCUT2D eigenvalue weighted by Gasteiger charge is 2.40. The Hall–Kier alpha value is -2.11. The van der Waals surface area contributed by atoms with Gasteiger partial charge < -0.3 is 9.91 Å². The normalized spacial score (nSPS) is 23.4. The Morgan fingerprint density at radius 3 is 2.78 bits per heavy atom. The van der Waals surface area contributed by atoms with Crippen LogP contribution in [0.25, 0.3) is 0 Å². The maximum Gasteiger partial charge on any atom is 0.251 e. The third-order valence-corrected chi connectivity index (χ3v) is 5.42. The van der Waals surface area contributed by atoms with E-state index < -0.39 is 0 Å². The highest BCUT2D eigenvalue weighted by molar-refractivity contribution is 7.10. The average molecular weight is 325 g/mol. The van der Waals surface area contributed by atoms with Crippen molar-refractivity contribution in [2.75, 3.05) is 0 Å². The van der Waals surface area contributed by atoms with Gasteiger partial charge in [-0.15, -0.1) is 11.3 Å². The zero-order valence-electron chi connectivity index (χ0n) is 13.0. The largest absolute Gasteiger partial charge is 0.311 e. The summed E-state index contributed by atoms with van der Waals surface area (Å²) < 4.78 is 0. The first kappa shape index (κ1) is 14.5. The number of nitrogens with one attached hydrogen (secondary N) is 1. The van der Waals surface area contributed by atoms with Gasteiger partial charge in [-0.2, -0.15) is 0 Å². The maximum atomic E-state index is 12.8. The van der Waals surface area contributed by atoms with Crippen LogP contribution < -0.4 is 5.43 Å². The van der Waals surface area contributed by atoms with Gasteiger partial charge in [0.2, 0.25) is 0 Å². The van der Waals surface area contributed by atoms with Crippen molar-refractivity contribution in [3.63, 3.8) is 0 Å². The number of benzene rings is 1. The molecule has 1 fully saturated rings. The topological polar surface area (TPSA) is 35.6 Å². The molecule has 1 saturated heterocycles. The molecule has 1 aromatic carbocycles. The predicted molar refractivity (Wildman–Crippen MR) is 91.3 cm³/mol. The molecule has 1 amide bonds. The summed E-state index contributed by atoms with van der Waals surface area (Å²) in [4.78, 5) is 15.9. The molecule has 3 heterocycles. The Kier molecular flexibility index (Phi) is 3.67. The van der Waals surface area contributed by atoms with E-state index in [1.165, 1.54) is 10.4 Å². The third-order valence-electron chi connectivity index (χ3n) is 4.44. The quantitative estimate of drug-likeness (QED) is 0.941. The number of hydrogen-bond acceptors (Lipinski definition) is 4. The van der Waals surface area contributed by atoms with Crippen LogP contribution in [0.4, 0.5) is 0 Å². The number of amides is 1. The van der Waals surface area contributed by atoms with E-state index in [0.717, 1.165) is 12.0 Å². The number of hydrazine groups is 1. The Labute approximate surface area is 140 Å². The van der Waals surface area contributed by atoms with Gasteiger partial charge in [0, 0.05) is 23.7 Å². The second-order valence-electron chi connectivity index (χ2n) is 6.11. The fourth-order valence-corrected chi connectivity index (χ4v) is 3.92. The lowest BCUT2D eigenvalue weighted by molar-refractivity contribution is -0.134. The number of aryl methyl sites for hydroxylation is 1. The van der Waals surface area contributed by atoms with E-state index in [-0.39, 0.29) is 18.0 Å². The van der Waals surface area contributed by atoms with Crippen LogP contribution in [0.1, 0.15) is 28.5 Å². The van der Waals surface area contributed by atoms with Gasteiger partial charge in [0.15, 0.2) is 0 Å². The second kappa shape index (κ2) is 5.83. The maximum absolute atomic E-state index is 12.8. The first-order valence-electron chi connectivity index (χ1n) is 7.83. The fraction of sp³-hybridized carbons (Fsp3) is 0.278. The second-order valence-corrected chi connectivity index (χ2v) is 7.09. The van der Waals surface area contributed by atoms with Crippen LogP contribution in [-0.2, 0) is 11.3 Å². The summed E-state index contributed by atoms with van der Waals surface area (Å²) in [5.74, 6) is 0.166. The number of carbonyl (C=O) groups excluding carboxylic acids is 1. The van der Waals surface area contributed by atoms with Crippen LogP contribution in [-0.4, -0.2) is 21.9 Å². The van der Waals surface area contributed by atoms with Crippen LogP contribution >= 0.6 is 11.3 Å². The number of thiophene rings is 1. The zero-order valence-corrected chi connectivity index (χ0v) is 13.8. The molecule has 0 radical (unpaired) electrons. The van der Waals surface area contributed by atoms with Crippen LogP contribution in [0.3, 0.4) is 0 Å². The van der Waals surface area contributed by atoms with Crippen molar-refractivity contribution in [2.45, 2.75) is 32.0 Å². The van der Waals surface area contributed by atoms with Crippen LogP contribution in [0.5, 0.6) is 0 Å². The lowest BCUT2D eigenvalue weighted by Gasteiger charge is -2.31. The molecular weight excluding hydrogens is 306 g/mol. The molecule has 2 atom stereocenters. The summed E-state index contributed by atoms with van der Waals surface area (Å²) in [7, 11) is 0. The Balaban J connectivity index is 1.48. The van der Waals surface area contributed by atoms with Crippen molar-refractivity contribution in [1.82, 2.24) is 15.3 Å². The summed E-state index contributed by atoms with van der Waals surface area (Å²) >= 11 is 1.73. The van der Waals surface area contributed by atoms with E-state index in [9.17, 15) is 4.79 Å². The molecule has 0 saturated carbocycles. The molecule has 2 aliphatic heterocycles. The molecule has 5 heteroatoms. The number of nitrogens with zero attached hydrogens (tertiary/aromatic N) is 2. The smallest absolute Gasteiger partial charge is 0.251 e. The van der Waals surface area contributed by atoms with Crippen molar-refractivity contribution >= 4 is 17.2 Å². The van der Waals surface area contributed by atoms with E-state index in [2.05, 4.69) is 54.1 Å². The molecule has 23 heavy (non-hydrogen) atoms. The molecule has 0 aliphatic carbocycles. The Morgan fingerprint density at radius 2 is 2.04 bits per heavy atom. The number of fused-ring (bicyclic) bond motifs is 1. The van der Waals surface area contributed by atoms with Gasteiger partial charge in [0.25, 0.3) is 5.91 Å². The van der Waals surface area contributed by atoms with Crippen molar-refractivity contribution in [3.05, 3.63) is 70.2 Å². The summed E-state index contributed by atoms with van der Waals surface area (Å²) in [6.45, 7) is 2.70. The fourth-order valence-electron chi connectivity index (χ4n) is 3.13. The molecule has 2 unspecified atom stereocenters. The summed E-state index contributed by atoms with van der Waals surface area (Å²) in [6, 6.07) is 12.6. The van der Waals surface area contributed by atoms with Gasteiger partial charge in [0.05, 0.1) is 12.6 Å². The summed E-state index contributed by atoms with van der Waals surface area (Å²) in [5.41, 5.74) is 5.82. The Bertz CT molecular complexity index is 723. The first-order chi connectivity index (χ1) is 11.2. The monoisotopic (exact) mass is 325 g/mol. The van der Waals surface area contributed by atoms with Crippen LogP contribution in [0.15, 0.2) is 54.2 Å². The van der Waals surface area contributed by atoms with Crippen molar-refractivity contribution < 1.29 is 4.79 Å². The molecule has 4 rings (SSSR count). The van der Waals surface area contributed by atoms with Crippen LogP contribution in [0, 0.1) is 6.92 Å². The highest BCUT2D eigenvalue weighted by Crippen LogP contribution is 2.33. The van der Waals surface area contributed by atoms with Gasteiger partial charge in [0.1, 0.15) is 6.04 Å². The minimum Gasteiger partial charge on any atom is -0.311 e. The lowest BCUT2D eigenvalue weighted by Crippen LogP contribution is -2.47. The van der Waals surface area contributed by atoms with E-state index in [1.807, 2.05) is 22.3 Å². The van der Waals surface area contributed by atoms with Gasteiger partial charge in [-0.1, -0.05) is 35.9 Å². The first-order valence-corrected chi connectivity index (χ1v) is 8.71. The van der Waals surface area contributed by atoms with E-state index in [4.69, 9.17) is 0 Å². The van der Waals surface area contributed by atoms with Gasteiger partial charge in [-0.3, -0.25) is 4.79 Å². The minimum atomic E-state index is -0.113. The van der Waals surface area contributed by atoms with E-state index in [0.29, 0.717) is 6.54 Å². The summed E-state index contributed by atoms with van der Waals surface area (Å²) in [6.07, 6.45) is 4.67. The molecular formula is C18H19N3OS. The molecule has 118 valence electrons. The molecule has 0 spiro atoms.